The summed E-state index contributed by atoms with van der Waals surface area (Å²) in [6.07, 6.45) is 0. The topological polar surface area (TPSA) is 0 Å². The van der Waals surface area contributed by atoms with E-state index in [-0.39, 0.29) is 67.7 Å². The van der Waals surface area contributed by atoms with Crippen LogP contribution in [0, 0.1) is 41.5 Å². The molecular weight excluding hydrogens is 588 g/mol. The van der Waals surface area contributed by atoms with Gasteiger partial charge in [-0.1, -0.05) is 0 Å². The molecule has 0 heterocycles. The van der Waals surface area contributed by atoms with Crippen molar-refractivity contribution >= 4 is 48.0 Å². The molecule has 1 aromatic rings. The van der Waals surface area contributed by atoms with Crippen LogP contribution in [-0.2, 0) is 19.8 Å². The molecule has 0 N–H and O–H groups in total. The fourth-order valence-corrected chi connectivity index (χ4v) is 1.69. The molecule has 0 aromatic heterocycles. The molecule has 0 unspecified atom stereocenters. The Bertz CT molecular complexity index is 228. The summed E-state index contributed by atoms with van der Waals surface area (Å²) in [5.74, 6) is 0. The van der Waals surface area contributed by atoms with E-state index in [1.165, 1.54) is 33.4 Å². The van der Waals surface area contributed by atoms with E-state index < -0.39 is 0 Å². The molecule has 0 fully saturated rings. The molecule has 90 valence electrons. The zero-order chi connectivity index (χ0) is 9.46. The minimum atomic E-state index is 0. The summed E-state index contributed by atoms with van der Waals surface area (Å²) in [7, 11) is 0. The van der Waals surface area contributed by atoms with Gasteiger partial charge >= 0.3 is 0 Å². The minimum absolute atomic E-state index is 0. The molecule has 0 radical (unpaired) electrons. The molecule has 0 nitrogen and oxygen atoms in total. The standard InChI is InChI=1S/C12H18.2HI.Os/c1-7-8(2)10(4)12(6)11(5)9(7)3;;;/h1-6H3;2*1H;. The molecule has 0 atom stereocenters. The Morgan fingerprint density at radius 1 is 0.400 bits per heavy atom. The van der Waals surface area contributed by atoms with Crippen molar-refractivity contribution in [1.82, 2.24) is 0 Å². The zero-order valence-electron chi connectivity index (χ0n) is 10.2. The van der Waals surface area contributed by atoms with Gasteiger partial charge in [-0.05, 0) is 74.9 Å². The van der Waals surface area contributed by atoms with Crippen LogP contribution in [0.5, 0.6) is 0 Å². The van der Waals surface area contributed by atoms with Crippen LogP contribution in [0.25, 0.3) is 0 Å². The molecule has 1 aromatic carbocycles. The molecule has 3 heteroatoms. The second-order valence-corrected chi connectivity index (χ2v) is 3.75. The Kier molecular flexibility index (Phi) is 12.1. The molecule has 15 heavy (non-hydrogen) atoms. The SMILES string of the molecule is Cc1c(C)c(C)c(C)c(C)c1C.I.I.[Os]. The van der Waals surface area contributed by atoms with E-state index in [4.69, 9.17) is 0 Å². The maximum atomic E-state index is 2.21. The van der Waals surface area contributed by atoms with E-state index in [1.807, 2.05) is 0 Å². The molecule has 0 amide bonds. The summed E-state index contributed by atoms with van der Waals surface area (Å²) in [6, 6.07) is 0. The largest absolute Gasteiger partial charge is 0.107 e. The first-order valence-electron chi connectivity index (χ1n) is 4.50. The summed E-state index contributed by atoms with van der Waals surface area (Å²) < 4.78 is 0. The van der Waals surface area contributed by atoms with Crippen molar-refractivity contribution in [3.05, 3.63) is 33.4 Å². The second-order valence-electron chi connectivity index (χ2n) is 3.75. The van der Waals surface area contributed by atoms with Gasteiger partial charge in [-0.3, -0.25) is 0 Å². The third-order valence-corrected chi connectivity index (χ3v) is 3.38. The molecule has 0 aliphatic rings. The fourth-order valence-electron chi connectivity index (χ4n) is 1.69. The van der Waals surface area contributed by atoms with Gasteiger partial charge in [-0.15, -0.1) is 48.0 Å². The third kappa shape index (κ3) is 4.24. The Hall–Kier alpha value is 1.32. The van der Waals surface area contributed by atoms with Crippen LogP contribution in [0.3, 0.4) is 0 Å². The number of hydrogen-bond acceptors (Lipinski definition) is 0. The van der Waals surface area contributed by atoms with Gasteiger partial charge < -0.3 is 0 Å². The molecule has 0 aliphatic carbocycles. The first-order valence-corrected chi connectivity index (χ1v) is 4.50. The van der Waals surface area contributed by atoms with Crippen molar-refractivity contribution in [3.8, 4) is 0 Å². The molecule has 0 spiro atoms. The molecule has 0 aliphatic heterocycles. The summed E-state index contributed by atoms with van der Waals surface area (Å²) in [6.45, 7) is 13.3. The van der Waals surface area contributed by atoms with Crippen molar-refractivity contribution < 1.29 is 19.8 Å². The summed E-state index contributed by atoms with van der Waals surface area (Å²) in [4.78, 5) is 0. The molecule has 0 saturated carbocycles. The summed E-state index contributed by atoms with van der Waals surface area (Å²) in [5.41, 5.74) is 8.73. The monoisotopic (exact) mass is 610 g/mol. The molecule has 0 bridgehead atoms. The number of hydrogen-bond donors (Lipinski definition) is 0. The normalized spacial score (nSPS) is 8.40. The van der Waals surface area contributed by atoms with Gasteiger partial charge in [0.05, 0.1) is 0 Å². The predicted octanol–water partition coefficient (Wildman–Crippen LogP) is 4.77. The van der Waals surface area contributed by atoms with Crippen molar-refractivity contribution in [3.63, 3.8) is 0 Å². The van der Waals surface area contributed by atoms with Gasteiger partial charge in [0.1, 0.15) is 0 Å². The van der Waals surface area contributed by atoms with Crippen molar-refractivity contribution in [1.29, 1.82) is 0 Å². The van der Waals surface area contributed by atoms with E-state index in [2.05, 4.69) is 41.5 Å². The van der Waals surface area contributed by atoms with Crippen molar-refractivity contribution in [2.45, 2.75) is 41.5 Å². The Balaban J connectivity index is -0.000000480. The molecule has 0 saturated heterocycles. The van der Waals surface area contributed by atoms with E-state index in [9.17, 15) is 0 Å². The van der Waals surface area contributed by atoms with Crippen LogP contribution in [0.4, 0.5) is 0 Å². The zero-order valence-corrected chi connectivity index (χ0v) is 17.4. The van der Waals surface area contributed by atoms with Crippen LogP contribution in [-0.4, -0.2) is 0 Å². The smallest absolute Gasteiger partial charge is 0 e. The van der Waals surface area contributed by atoms with Crippen molar-refractivity contribution in [2.75, 3.05) is 0 Å². The summed E-state index contributed by atoms with van der Waals surface area (Å²) >= 11 is 0. The summed E-state index contributed by atoms with van der Waals surface area (Å²) in [5, 5.41) is 0. The quantitative estimate of drug-likeness (QED) is 0.373. The van der Waals surface area contributed by atoms with Crippen LogP contribution in [0.2, 0.25) is 0 Å². The maximum Gasteiger partial charge on any atom is 0 e. The molecular formula is C12H20I2Os. The van der Waals surface area contributed by atoms with Crippen LogP contribution < -0.4 is 0 Å². The van der Waals surface area contributed by atoms with Crippen molar-refractivity contribution in [2.24, 2.45) is 0 Å². The first-order chi connectivity index (χ1) is 5.46. The fraction of sp³-hybridized carbons (Fsp3) is 0.500. The number of rotatable bonds is 0. The Labute approximate surface area is 141 Å². The Morgan fingerprint density at radius 2 is 0.467 bits per heavy atom. The van der Waals surface area contributed by atoms with Crippen LogP contribution in [0.15, 0.2) is 0 Å². The van der Waals surface area contributed by atoms with E-state index in [0.29, 0.717) is 0 Å². The Morgan fingerprint density at radius 3 is 0.533 bits per heavy atom. The van der Waals surface area contributed by atoms with E-state index >= 15 is 0 Å². The van der Waals surface area contributed by atoms with Crippen LogP contribution in [0.1, 0.15) is 33.4 Å². The number of halogens is 2. The molecule has 1 rings (SSSR count). The second kappa shape index (κ2) is 8.41. The van der Waals surface area contributed by atoms with Gasteiger partial charge in [0.25, 0.3) is 0 Å². The van der Waals surface area contributed by atoms with Gasteiger partial charge in [0.2, 0.25) is 0 Å². The van der Waals surface area contributed by atoms with Gasteiger partial charge in [0.15, 0.2) is 0 Å². The van der Waals surface area contributed by atoms with E-state index in [0.717, 1.165) is 0 Å². The van der Waals surface area contributed by atoms with Gasteiger partial charge in [-0.25, -0.2) is 0 Å². The number of benzene rings is 1. The van der Waals surface area contributed by atoms with Gasteiger partial charge in [0, 0.05) is 19.8 Å². The average molecular weight is 608 g/mol. The minimum Gasteiger partial charge on any atom is -0.107 e. The van der Waals surface area contributed by atoms with Gasteiger partial charge in [-0.2, -0.15) is 0 Å². The average Bonchev–Trinajstić information content (AvgIpc) is 2.08. The third-order valence-electron chi connectivity index (χ3n) is 3.38. The first kappa shape index (κ1) is 21.6. The predicted molar refractivity (Wildman–Crippen MR) is 85.7 cm³/mol. The van der Waals surface area contributed by atoms with E-state index in [1.54, 1.807) is 0 Å². The maximum absolute atomic E-state index is 2.21. The van der Waals surface area contributed by atoms with Crippen LogP contribution >= 0.6 is 48.0 Å².